The zero-order chi connectivity index (χ0) is 12.8. The maximum atomic E-state index is 10.8. The van der Waals surface area contributed by atoms with Gasteiger partial charge in [-0.3, -0.25) is 4.79 Å². The summed E-state index contributed by atoms with van der Waals surface area (Å²) in [5.41, 5.74) is 12.1. The van der Waals surface area contributed by atoms with Crippen molar-refractivity contribution >= 4 is 5.97 Å². The van der Waals surface area contributed by atoms with E-state index in [1.807, 2.05) is 0 Å². The van der Waals surface area contributed by atoms with Crippen LogP contribution >= 0.6 is 0 Å². The number of hydrogen-bond acceptors (Lipinski definition) is 5. The average molecular weight is 238 g/mol. The van der Waals surface area contributed by atoms with E-state index in [1.54, 1.807) is 6.07 Å². The van der Waals surface area contributed by atoms with Gasteiger partial charge in [0.1, 0.15) is 0 Å². The maximum Gasteiger partial charge on any atom is 0.308 e. The Bertz CT molecular complexity index is 393. The normalized spacial score (nSPS) is 12.2. The molecule has 17 heavy (non-hydrogen) atoms. The van der Waals surface area contributed by atoms with Crippen LogP contribution in [-0.4, -0.2) is 17.6 Å². The lowest BCUT2D eigenvalue weighted by molar-refractivity contribution is -0.132. The summed E-state index contributed by atoms with van der Waals surface area (Å²) < 4.78 is 4.81. The van der Waals surface area contributed by atoms with Gasteiger partial charge in [-0.25, -0.2) is 0 Å². The summed E-state index contributed by atoms with van der Waals surface area (Å²) in [4.78, 5) is 10.8. The van der Waals surface area contributed by atoms with Crippen molar-refractivity contribution in [1.82, 2.24) is 0 Å². The highest BCUT2D eigenvalue weighted by Gasteiger charge is 2.10. The Morgan fingerprint density at radius 3 is 2.76 bits per heavy atom. The first-order valence-electron chi connectivity index (χ1n) is 5.51. The van der Waals surface area contributed by atoms with Crippen LogP contribution in [0, 0.1) is 0 Å². The van der Waals surface area contributed by atoms with E-state index >= 15 is 0 Å². The minimum atomic E-state index is -0.472. The second kappa shape index (κ2) is 6.22. The lowest BCUT2D eigenvalue weighted by Crippen LogP contribution is -2.12. The molecule has 0 aliphatic heterocycles. The predicted molar refractivity (Wildman–Crippen MR) is 64.6 cm³/mol. The van der Waals surface area contributed by atoms with Gasteiger partial charge < -0.3 is 21.3 Å². The van der Waals surface area contributed by atoms with Gasteiger partial charge in [0, 0.05) is 13.0 Å². The second-order valence-corrected chi connectivity index (χ2v) is 3.86. The fraction of sp³-hybridized carbons (Fsp3) is 0.417. The SMILES string of the molecule is CC(=O)Oc1ccc([C@@H](N)CCCN)cc1O. The number of esters is 1. The molecule has 0 heterocycles. The highest BCUT2D eigenvalue weighted by Crippen LogP contribution is 2.29. The highest BCUT2D eigenvalue weighted by atomic mass is 16.5. The van der Waals surface area contributed by atoms with Gasteiger partial charge in [0.25, 0.3) is 0 Å². The van der Waals surface area contributed by atoms with E-state index in [1.165, 1.54) is 19.1 Å². The Morgan fingerprint density at radius 2 is 2.24 bits per heavy atom. The molecule has 0 saturated carbocycles. The summed E-state index contributed by atoms with van der Waals surface area (Å²) in [5, 5.41) is 9.66. The molecule has 1 rings (SSSR count). The Kier molecular flexibility index (Phi) is 4.93. The third kappa shape index (κ3) is 4.05. The summed E-state index contributed by atoms with van der Waals surface area (Å²) in [6, 6.07) is 4.61. The number of hydrogen-bond donors (Lipinski definition) is 3. The number of phenols is 1. The average Bonchev–Trinajstić information content (AvgIpc) is 2.28. The molecule has 5 heteroatoms. The van der Waals surface area contributed by atoms with Crippen LogP contribution < -0.4 is 16.2 Å². The molecular formula is C12H18N2O3. The molecule has 0 spiro atoms. The van der Waals surface area contributed by atoms with Crippen molar-refractivity contribution in [3.8, 4) is 11.5 Å². The van der Waals surface area contributed by atoms with Crippen molar-refractivity contribution in [3.05, 3.63) is 23.8 Å². The minimum absolute atomic E-state index is 0.0825. The molecule has 1 aromatic carbocycles. The molecule has 0 fully saturated rings. The van der Waals surface area contributed by atoms with Crippen molar-refractivity contribution in [2.45, 2.75) is 25.8 Å². The van der Waals surface area contributed by atoms with Crippen LogP contribution in [0.15, 0.2) is 18.2 Å². The van der Waals surface area contributed by atoms with Gasteiger partial charge in [0.15, 0.2) is 11.5 Å². The van der Waals surface area contributed by atoms with E-state index in [-0.39, 0.29) is 17.5 Å². The van der Waals surface area contributed by atoms with Crippen LogP contribution in [0.25, 0.3) is 0 Å². The van der Waals surface area contributed by atoms with Crippen LogP contribution in [-0.2, 0) is 4.79 Å². The Morgan fingerprint density at radius 1 is 1.53 bits per heavy atom. The van der Waals surface area contributed by atoms with Crippen molar-refractivity contribution in [2.24, 2.45) is 11.5 Å². The molecule has 5 N–H and O–H groups in total. The number of ether oxygens (including phenoxy) is 1. The van der Waals surface area contributed by atoms with E-state index in [4.69, 9.17) is 16.2 Å². The van der Waals surface area contributed by atoms with Crippen molar-refractivity contribution < 1.29 is 14.6 Å². The zero-order valence-corrected chi connectivity index (χ0v) is 9.85. The first kappa shape index (κ1) is 13.5. The highest BCUT2D eigenvalue weighted by molar-refractivity contribution is 5.70. The van der Waals surface area contributed by atoms with Crippen LogP contribution in [0.1, 0.15) is 31.4 Å². The molecule has 0 radical (unpaired) electrons. The second-order valence-electron chi connectivity index (χ2n) is 3.86. The number of nitrogens with two attached hydrogens (primary N) is 2. The molecule has 5 nitrogen and oxygen atoms in total. The summed E-state index contributed by atoms with van der Waals surface area (Å²) in [5.74, 6) is -0.409. The maximum absolute atomic E-state index is 10.8. The van der Waals surface area contributed by atoms with E-state index in [9.17, 15) is 9.90 Å². The van der Waals surface area contributed by atoms with E-state index in [2.05, 4.69) is 0 Å². The summed E-state index contributed by atoms with van der Waals surface area (Å²) in [6.45, 7) is 1.87. The number of rotatable bonds is 5. The fourth-order valence-electron chi connectivity index (χ4n) is 1.51. The molecule has 0 aliphatic rings. The molecule has 0 aromatic heterocycles. The van der Waals surface area contributed by atoms with Gasteiger partial charge in [-0.1, -0.05) is 6.07 Å². The Balaban J connectivity index is 2.77. The van der Waals surface area contributed by atoms with Crippen LogP contribution in [0.3, 0.4) is 0 Å². The van der Waals surface area contributed by atoms with Gasteiger partial charge in [0.2, 0.25) is 0 Å². The lowest BCUT2D eigenvalue weighted by Gasteiger charge is -2.13. The van der Waals surface area contributed by atoms with E-state index in [0.29, 0.717) is 6.54 Å². The first-order valence-corrected chi connectivity index (χ1v) is 5.51. The number of benzene rings is 1. The first-order chi connectivity index (χ1) is 8.04. The molecule has 94 valence electrons. The van der Waals surface area contributed by atoms with E-state index in [0.717, 1.165) is 18.4 Å². The quantitative estimate of drug-likeness (QED) is 0.526. The van der Waals surface area contributed by atoms with Gasteiger partial charge in [-0.2, -0.15) is 0 Å². The zero-order valence-electron chi connectivity index (χ0n) is 9.85. The van der Waals surface area contributed by atoms with Crippen LogP contribution in [0.5, 0.6) is 11.5 Å². The summed E-state index contributed by atoms with van der Waals surface area (Å²) in [6.07, 6.45) is 1.58. The molecule has 0 unspecified atom stereocenters. The topological polar surface area (TPSA) is 98.6 Å². The van der Waals surface area contributed by atoms with Gasteiger partial charge >= 0.3 is 5.97 Å². The number of carbonyl (C=O) groups is 1. The molecule has 0 aliphatic carbocycles. The molecule has 1 atom stereocenters. The molecule has 0 saturated heterocycles. The van der Waals surface area contributed by atoms with Gasteiger partial charge in [0.05, 0.1) is 0 Å². The molecule has 0 amide bonds. The summed E-state index contributed by atoms with van der Waals surface area (Å²) in [7, 11) is 0. The predicted octanol–water partition coefficient (Wildman–Crippen LogP) is 1.06. The number of carbonyl (C=O) groups excluding carboxylic acids is 1. The van der Waals surface area contributed by atoms with Gasteiger partial charge in [-0.05, 0) is 37.1 Å². The van der Waals surface area contributed by atoms with Crippen molar-refractivity contribution in [3.63, 3.8) is 0 Å². The van der Waals surface area contributed by atoms with Crippen LogP contribution in [0.4, 0.5) is 0 Å². The largest absolute Gasteiger partial charge is 0.504 e. The number of aromatic hydroxyl groups is 1. The Hall–Kier alpha value is -1.59. The third-order valence-corrected chi connectivity index (χ3v) is 2.38. The third-order valence-electron chi connectivity index (χ3n) is 2.38. The Labute approximate surface area is 100 Å². The van der Waals surface area contributed by atoms with Crippen molar-refractivity contribution in [1.29, 1.82) is 0 Å². The smallest absolute Gasteiger partial charge is 0.308 e. The standard InChI is InChI=1S/C12H18N2O3/c1-8(15)17-12-5-4-9(7-11(12)16)10(14)3-2-6-13/h4-5,7,10,16H,2-3,6,13-14H2,1H3/t10-/m0/s1. The molecular weight excluding hydrogens is 220 g/mol. The van der Waals surface area contributed by atoms with Crippen molar-refractivity contribution in [2.75, 3.05) is 6.54 Å². The summed E-state index contributed by atoms with van der Waals surface area (Å²) >= 11 is 0. The van der Waals surface area contributed by atoms with Crippen LogP contribution in [0.2, 0.25) is 0 Å². The van der Waals surface area contributed by atoms with E-state index < -0.39 is 5.97 Å². The fourth-order valence-corrected chi connectivity index (χ4v) is 1.51. The lowest BCUT2D eigenvalue weighted by atomic mass is 10.0. The minimum Gasteiger partial charge on any atom is -0.504 e. The van der Waals surface area contributed by atoms with Gasteiger partial charge in [-0.15, -0.1) is 0 Å². The molecule has 0 bridgehead atoms. The monoisotopic (exact) mass is 238 g/mol. The molecule has 1 aromatic rings. The number of phenolic OH excluding ortho intramolecular Hbond substituents is 1.